The Labute approximate surface area is 84.7 Å². The lowest BCUT2D eigenvalue weighted by atomic mass is 10.4. The minimum absolute atomic E-state index is 0.298. The first kappa shape index (κ1) is 8.94. The molecule has 2 unspecified atom stereocenters. The minimum atomic E-state index is -0.298. The van der Waals surface area contributed by atoms with Gasteiger partial charge in [-0.25, -0.2) is 9.37 Å². The molecule has 1 aromatic heterocycles. The molecule has 0 spiro atoms. The first-order valence-electron chi connectivity index (χ1n) is 4.24. The number of halogens is 2. The van der Waals surface area contributed by atoms with Crippen LogP contribution in [-0.4, -0.2) is 11.0 Å². The van der Waals surface area contributed by atoms with Crippen molar-refractivity contribution in [3.63, 3.8) is 0 Å². The molecular formula is C9H10BrFN2. The number of rotatable bonds is 2. The van der Waals surface area contributed by atoms with Crippen LogP contribution in [0.15, 0.2) is 16.7 Å². The Morgan fingerprint density at radius 3 is 2.92 bits per heavy atom. The van der Waals surface area contributed by atoms with E-state index in [-0.39, 0.29) is 5.82 Å². The molecule has 1 N–H and O–H groups in total. The zero-order valence-electron chi connectivity index (χ0n) is 7.22. The molecule has 70 valence electrons. The SMILES string of the molecule is CC1CC1Nc1ncc(Br)cc1F. The van der Waals surface area contributed by atoms with E-state index in [2.05, 4.69) is 33.2 Å². The Kier molecular flexibility index (Phi) is 2.24. The Hall–Kier alpha value is -0.640. The third-order valence-electron chi connectivity index (χ3n) is 2.24. The van der Waals surface area contributed by atoms with Gasteiger partial charge in [0.1, 0.15) is 0 Å². The Balaban J connectivity index is 2.11. The number of nitrogens with zero attached hydrogens (tertiary/aromatic N) is 1. The average molecular weight is 245 g/mol. The molecule has 0 aliphatic heterocycles. The van der Waals surface area contributed by atoms with E-state index in [4.69, 9.17) is 0 Å². The quantitative estimate of drug-likeness (QED) is 0.866. The van der Waals surface area contributed by atoms with Crippen molar-refractivity contribution in [2.75, 3.05) is 5.32 Å². The van der Waals surface area contributed by atoms with Gasteiger partial charge in [-0.2, -0.15) is 0 Å². The standard InChI is InChI=1S/C9H10BrFN2/c1-5-2-8(5)13-9-7(11)3-6(10)4-12-9/h3-5,8H,2H2,1H3,(H,12,13). The molecule has 0 radical (unpaired) electrons. The zero-order chi connectivity index (χ0) is 9.42. The van der Waals surface area contributed by atoms with E-state index >= 15 is 0 Å². The summed E-state index contributed by atoms with van der Waals surface area (Å²) in [5.74, 6) is 0.705. The van der Waals surface area contributed by atoms with Gasteiger partial charge in [0.15, 0.2) is 11.6 Å². The van der Waals surface area contributed by atoms with Gasteiger partial charge < -0.3 is 5.32 Å². The lowest BCUT2D eigenvalue weighted by Gasteiger charge is -2.04. The normalized spacial score (nSPS) is 25.8. The predicted octanol–water partition coefficient (Wildman–Crippen LogP) is 2.80. The highest BCUT2D eigenvalue weighted by Gasteiger charge is 2.33. The van der Waals surface area contributed by atoms with Crippen molar-refractivity contribution in [1.82, 2.24) is 4.98 Å². The Morgan fingerprint density at radius 1 is 1.69 bits per heavy atom. The fraction of sp³-hybridized carbons (Fsp3) is 0.444. The molecule has 0 amide bonds. The number of aromatic nitrogens is 1. The van der Waals surface area contributed by atoms with Crippen molar-refractivity contribution in [2.45, 2.75) is 19.4 Å². The molecule has 4 heteroatoms. The molecule has 0 saturated heterocycles. The van der Waals surface area contributed by atoms with Crippen LogP contribution < -0.4 is 5.32 Å². The van der Waals surface area contributed by atoms with Crippen molar-refractivity contribution in [1.29, 1.82) is 0 Å². The molecule has 2 nitrogen and oxygen atoms in total. The summed E-state index contributed by atoms with van der Waals surface area (Å²) >= 11 is 3.16. The maximum atomic E-state index is 13.2. The summed E-state index contributed by atoms with van der Waals surface area (Å²) in [6, 6.07) is 1.82. The third kappa shape index (κ3) is 1.99. The highest BCUT2D eigenvalue weighted by Crippen LogP contribution is 2.32. The summed E-state index contributed by atoms with van der Waals surface area (Å²) in [7, 11) is 0. The van der Waals surface area contributed by atoms with Gasteiger partial charge in [0.25, 0.3) is 0 Å². The van der Waals surface area contributed by atoms with Crippen LogP contribution in [0.25, 0.3) is 0 Å². The molecule has 2 atom stereocenters. The van der Waals surface area contributed by atoms with Gasteiger partial charge in [-0.15, -0.1) is 0 Å². The second-order valence-corrected chi connectivity index (χ2v) is 4.36. The summed E-state index contributed by atoms with van der Waals surface area (Å²) in [6.07, 6.45) is 2.70. The topological polar surface area (TPSA) is 24.9 Å². The maximum Gasteiger partial charge on any atom is 0.166 e. The van der Waals surface area contributed by atoms with Crippen molar-refractivity contribution >= 4 is 21.7 Å². The summed E-state index contributed by atoms with van der Waals surface area (Å²) in [4.78, 5) is 3.96. The van der Waals surface area contributed by atoms with E-state index in [1.807, 2.05) is 0 Å². The molecule has 1 aromatic rings. The lowest BCUT2D eigenvalue weighted by molar-refractivity contribution is 0.622. The van der Waals surface area contributed by atoms with E-state index in [0.29, 0.717) is 22.3 Å². The van der Waals surface area contributed by atoms with Gasteiger partial charge in [-0.1, -0.05) is 6.92 Å². The van der Waals surface area contributed by atoms with E-state index in [9.17, 15) is 4.39 Å². The predicted molar refractivity (Wildman–Crippen MR) is 53.1 cm³/mol. The van der Waals surface area contributed by atoms with Gasteiger partial charge in [-0.3, -0.25) is 0 Å². The molecule has 1 aliphatic rings. The molecule has 1 aliphatic carbocycles. The van der Waals surface area contributed by atoms with Gasteiger partial charge in [0, 0.05) is 16.7 Å². The number of anilines is 1. The van der Waals surface area contributed by atoms with Crippen LogP contribution in [0.3, 0.4) is 0 Å². The van der Waals surface area contributed by atoms with Crippen LogP contribution in [0.2, 0.25) is 0 Å². The minimum Gasteiger partial charge on any atom is -0.365 e. The fourth-order valence-corrected chi connectivity index (χ4v) is 1.52. The van der Waals surface area contributed by atoms with Gasteiger partial charge in [0.05, 0.1) is 0 Å². The van der Waals surface area contributed by atoms with Crippen molar-refractivity contribution in [2.24, 2.45) is 5.92 Å². The van der Waals surface area contributed by atoms with Crippen molar-refractivity contribution in [3.05, 3.63) is 22.6 Å². The Morgan fingerprint density at radius 2 is 2.38 bits per heavy atom. The molecule has 1 fully saturated rings. The van der Waals surface area contributed by atoms with Crippen LogP contribution in [0.5, 0.6) is 0 Å². The van der Waals surface area contributed by atoms with Crippen LogP contribution in [0.1, 0.15) is 13.3 Å². The van der Waals surface area contributed by atoms with Crippen LogP contribution in [0.4, 0.5) is 10.2 Å². The highest BCUT2D eigenvalue weighted by atomic mass is 79.9. The molecule has 0 aromatic carbocycles. The molecule has 1 saturated carbocycles. The van der Waals surface area contributed by atoms with E-state index in [1.54, 1.807) is 6.20 Å². The molecule has 13 heavy (non-hydrogen) atoms. The number of hydrogen-bond acceptors (Lipinski definition) is 2. The van der Waals surface area contributed by atoms with Crippen LogP contribution in [0, 0.1) is 11.7 Å². The third-order valence-corrected chi connectivity index (χ3v) is 2.67. The number of hydrogen-bond donors (Lipinski definition) is 1. The summed E-state index contributed by atoms with van der Waals surface area (Å²) < 4.78 is 13.9. The van der Waals surface area contributed by atoms with E-state index in [1.165, 1.54) is 6.07 Å². The van der Waals surface area contributed by atoms with Gasteiger partial charge in [-0.05, 0) is 34.3 Å². The van der Waals surface area contributed by atoms with Gasteiger partial charge >= 0.3 is 0 Å². The van der Waals surface area contributed by atoms with Gasteiger partial charge in [0.2, 0.25) is 0 Å². The fourth-order valence-electron chi connectivity index (χ4n) is 1.22. The highest BCUT2D eigenvalue weighted by molar-refractivity contribution is 9.10. The maximum absolute atomic E-state index is 13.2. The molecular weight excluding hydrogens is 235 g/mol. The largest absolute Gasteiger partial charge is 0.365 e. The lowest BCUT2D eigenvalue weighted by Crippen LogP contribution is -2.07. The Bertz CT molecular complexity index is 329. The first-order valence-corrected chi connectivity index (χ1v) is 5.03. The molecule has 1 heterocycles. The van der Waals surface area contributed by atoms with Crippen molar-refractivity contribution in [3.8, 4) is 0 Å². The average Bonchev–Trinajstić information content (AvgIpc) is 2.73. The zero-order valence-corrected chi connectivity index (χ0v) is 8.81. The number of nitrogens with one attached hydrogen (secondary N) is 1. The summed E-state index contributed by atoms with van der Waals surface area (Å²) in [5, 5.41) is 3.05. The monoisotopic (exact) mass is 244 g/mol. The molecule has 0 bridgehead atoms. The number of pyridine rings is 1. The summed E-state index contributed by atoms with van der Waals surface area (Å²) in [5.41, 5.74) is 0. The van der Waals surface area contributed by atoms with Crippen molar-refractivity contribution < 1.29 is 4.39 Å². The first-order chi connectivity index (χ1) is 6.16. The van der Waals surface area contributed by atoms with E-state index in [0.717, 1.165) is 6.42 Å². The second kappa shape index (κ2) is 3.25. The smallest absolute Gasteiger partial charge is 0.166 e. The second-order valence-electron chi connectivity index (χ2n) is 3.45. The molecule has 2 rings (SSSR count). The summed E-state index contributed by atoms with van der Waals surface area (Å²) in [6.45, 7) is 2.13. The van der Waals surface area contributed by atoms with E-state index < -0.39 is 0 Å². The van der Waals surface area contributed by atoms with Crippen LogP contribution >= 0.6 is 15.9 Å². The van der Waals surface area contributed by atoms with Crippen LogP contribution in [-0.2, 0) is 0 Å².